The van der Waals surface area contributed by atoms with Crippen molar-refractivity contribution in [3.05, 3.63) is 29.3 Å². The third kappa shape index (κ3) is 3.02. The number of rotatable bonds is 4. The lowest BCUT2D eigenvalue weighted by molar-refractivity contribution is 0.0696. The fraction of sp³-hybridized carbons (Fsp3) is 0.300. The minimum absolute atomic E-state index is 0.423. The molecule has 0 unspecified atom stereocenters. The quantitative estimate of drug-likeness (QED) is 0.871. The summed E-state index contributed by atoms with van der Waals surface area (Å²) in [5.74, 6) is -4.68. The third-order valence-electron chi connectivity index (χ3n) is 1.92. The monoisotopic (exact) mass is 279 g/mol. The van der Waals surface area contributed by atoms with Crippen LogP contribution in [0.1, 0.15) is 24.2 Å². The molecule has 0 fully saturated rings. The summed E-state index contributed by atoms with van der Waals surface area (Å²) in [7, 11) is -4.30. The molecule has 0 spiro atoms. The van der Waals surface area contributed by atoms with E-state index in [1.165, 1.54) is 13.8 Å². The number of nitrogens with one attached hydrogen (secondary N) is 1. The number of hydrogen-bond acceptors (Lipinski definition) is 3. The zero-order valence-electron chi connectivity index (χ0n) is 9.57. The Morgan fingerprint density at radius 1 is 1.33 bits per heavy atom. The molecule has 0 aliphatic carbocycles. The van der Waals surface area contributed by atoms with Gasteiger partial charge in [0.1, 0.15) is 4.90 Å². The van der Waals surface area contributed by atoms with Gasteiger partial charge in [-0.25, -0.2) is 26.7 Å². The molecular weight excluding hydrogens is 268 g/mol. The lowest BCUT2D eigenvalue weighted by atomic mass is 10.2. The Morgan fingerprint density at radius 2 is 1.89 bits per heavy atom. The van der Waals surface area contributed by atoms with Crippen LogP contribution in [0.15, 0.2) is 17.0 Å². The Hall–Kier alpha value is -1.54. The van der Waals surface area contributed by atoms with Crippen molar-refractivity contribution in [2.24, 2.45) is 0 Å². The number of benzene rings is 1. The van der Waals surface area contributed by atoms with Crippen molar-refractivity contribution >= 4 is 16.0 Å². The highest BCUT2D eigenvalue weighted by Crippen LogP contribution is 2.20. The maximum atomic E-state index is 13.4. The van der Waals surface area contributed by atoms with Crippen LogP contribution in [0.3, 0.4) is 0 Å². The average molecular weight is 279 g/mol. The molecule has 8 heteroatoms. The van der Waals surface area contributed by atoms with Gasteiger partial charge in [0.25, 0.3) is 0 Å². The molecule has 0 aliphatic heterocycles. The summed E-state index contributed by atoms with van der Waals surface area (Å²) in [6, 6.07) is 0.461. The molecule has 0 saturated heterocycles. The predicted molar refractivity (Wildman–Crippen MR) is 58.8 cm³/mol. The van der Waals surface area contributed by atoms with E-state index in [-0.39, 0.29) is 0 Å². The number of halogens is 2. The summed E-state index contributed by atoms with van der Waals surface area (Å²) in [4.78, 5) is 9.64. The van der Waals surface area contributed by atoms with Gasteiger partial charge in [0.15, 0.2) is 11.6 Å². The van der Waals surface area contributed by atoms with Crippen molar-refractivity contribution < 1.29 is 27.1 Å². The first-order valence-corrected chi connectivity index (χ1v) is 6.38. The van der Waals surface area contributed by atoms with Gasteiger partial charge in [0.05, 0.1) is 5.56 Å². The van der Waals surface area contributed by atoms with E-state index in [9.17, 15) is 22.0 Å². The number of carboxylic acids is 1. The van der Waals surface area contributed by atoms with Gasteiger partial charge in [-0.05, 0) is 26.0 Å². The van der Waals surface area contributed by atoms with E-state index in [0.717, 1.165) is 0 Å². The van der Waals surface area contributed by atoms with Crippen LogP contribution in [0.4, 0.5) is 8.78 Å². The topological polar surface area (TPSA) is 83.5 Å². The molecule has 0 aliphatic rings. The zero-order chi connectivity index (χ0) is 14.1. The minimum Gasteiger partial charge on any atom is -0.478 e. The SMILES string of the molecule is CC(C)NS(=O)(=O)c1cc(C(=O)O)cc(F)c1F. The normalized spacial score (nSPS) is 11.8. The Balaban J connectivity index is 3.45. The van der Waals surface area contributed by atoms with Crippen LogP contribution >= 0.6 is 0 Å². The van der Waals surface area contributed by atoms with Crippen LogP contribution in [0, 0.1) is 11.6 Å². The molecule has 1 rings (SSSR count). The molecular formula is C10H11F2NO4S. The van der Waals surface area contributed by atoms with Crippen LogP contribution in [-0.2, 0) is 10.0 Å². The standard InChI is InChI=1S/C10H11F2NO4S/c1-5(2)13-18(16,17)8-4-6(10(14)15)3-7(11)9(8)12/h3-5,13H,1-2H3,(H,14,15). The molecule has 5 nitrogen and oxygen atoms in total. The first kappa shape index (κ1) is 14.5. The summed E-state index contributed by atoms with van der Waals surface area (Å²) in [5.41, 5.74) is -0.641. The van der Waals surface area contributed by atoms with Crippen LogP contribution in [0.25, 0.3) is 0 Å². The lowest BCUT2D eigenvalue weighted by Crippen LogP contribution is -2.31. The Bertz CT molecular complexity index is 584. The largest absolute Gasteiger partial charge is 0.478 e. The van der Waals surface area contributed by atoms with Crippen molar-refractivity contribution in [2.45, 2.75) is 24.8 Å². The van der Waals surface area contributed by atoms with E-state index in [4.69, 9.17) is 5.11 Å². The number of hydrogen-bond donors (Lipinski definition) is 2. The van der Waals surface area contributed by atoms with Crippen molar-refractivity contribution in [1.29, 1.82) is 0 Å². The van der Waals surface area contributed by atoms with Gasteiger partial charge >= 0.3 is 5.97 Å². The Kier molecular flexibility index (Phi) is 4.02. The zero-order valence-corrected chi connectivity index (χ0v) is 10.4. The van der Waals surface area contributed by atoms with Gasteiger partial charge in [0.2, 0.25) is 10.0 Å². The van der Waals surface area contributed by atoms with E-state index < -0.39 is 44.1 Å². The second-order valence-corrected chi connectivity index (χ2v) is 5.53. The van der Waals surface area contributed by atoms with Crippen molar-refractivity contribution in [3.8, 4) is 0 Å². The van der Waals surface area contributed by atoms with E-state index in [1.54, 1.807) is 0 Å². The molecule has 0 amide bonds. The Morgan fingerprint density at radius 3 is 2.33 bits per heavy atom. The first-order chi connectivity index (χ1) is 8.15. The summed E-state index contributed by atoms with van der Waals surface area (Å²) in [6.07, 6.45) is 0. The molecule has 0 atom stereocenters. The van der Waals surface area contributed by atoms with Gasteiger partial charge in [-0.3, -0.25) is 0 Å². The van der Waals surface area contributed by atoms with Crippen molar-refractivity contribution in [1.82, 2.24) is 4.72 Å². The summed E-state index contributed by atoms with van der Waals surface area (Å²) < 4.78 is 51.9. The number of aromatic carboxylic acids is 1. The molecule has 0 radical (unpaired) electrons. The first-order valence-electron chi connectivity index (χ1n) is 4.90. The highest BCUT2D eigenvalue weighted by molar-refractivity contribution is 7.89. The smallest absolute Gasteiger partial charge is 0.335 e. The van der Waals surface area contributed by atoms with Gasteiger partial charge in [-0.15, -0.1) is 0 Å². The minimum atomic E-state index is -4.30. The number of carboxylic acid groups (broad SMARTS) is 1. The van der Waals surface area contributed by atoms with E-state index in [2.05, 4.69) is 0 Å². The maximum Gasteiger partial charge on any atom is 0.335 e. The molecule has 1 aromatic rings. The van der Waals surface area contributed by atoms with Gasteiger partial charge < -0.3 is 5.11 Å². The number of carbonyl (C=O) groups is 1. The van der Waals surface area contributed by atoms with Gasteiger partial charge in [-0.2, -0.15) is 0 Å². The predicted octanol–water partition coefficient (Wildman–Crippen LogP) is 1.35. The number of sulfonamides is 1. The fourth-order valence-electron chi connectivity index (χ4n) is 1.26. The Labute approximate surface area is 102 Å². The van der Waals surface area contributed by atoms with Crippen LogP contribution in [0.5, 0.6) is 0 Å². The highest BCUT2D eigenvalue weighted by atomic mass is 32.2. The van der Waals surface area contributed by atoms with E-state index >= 15 is 0 Å². The second-order valence-electron chi connectivity index (χ2n) is 3.85. The average Bonchev–Trinajstić information content (AvgIpc) is 2.19. The second kappa shape index (κ2) is 4.99. The third-order valence-corrected chi connectivity index (χ3v) is 3.58. The van der Waals surface area contributed by atoms with Crippen LogP contribution in [-0.4, -0.2) is 25.5 Å². The molecule has 0 heterocycles. The molecule has 0 bridgehead atoms. The maximum absolute atomic E-state index is 13.4. The molecule has 2 N–H and O–H groups in total. The molecule has 18 heavy (non-hydrogen) atoms. The van der Waals surface area contributed by atoms with Crippen molar-refractivity contribution in [3.63, 3.8) is 0 Å². The summed E-state index contributed by atoms with van der Waals surface area (Å²) in [6.45, 7) is 2.99. The van der Waals surface area contributed by atoms with Gasteiger partial charge in [0, 0.05) is 6.04 Å². The molecule has 100 valence electrons. The van der Waals surface area contributed by atoms with E-state index in [0.29, 0.717) is 12.1 Å². The van der Waals surface area contributed by atoms with Gasteiger partial charge in [-0.1, -0.05) is 0 Å². The molecule has 1 aromatic carbocycles. The van der Waals surface area contributed by atoms with Crippen LogP contribution < -0.4 is 4.72 Å². The highest BCUT2D eigenvalue weighted by Gasteiger charge is 2.25. The fourth-order valence-corrected chi connectivity index (χ4v) is 2.62. The van der Waals surface area contributed by atoms with Crippen molar-refractivity contribution in [2.75, 3.05) is 0 Å². The van der Waals surface area contributed by atoms with Crippen LogP contribution in [0.2, 0.25) is 0 Å². The lowest BCUT2D eigenvalue weighted by Gasteiger charge is -2.11. The summed E-state index contributed by atoms with van der Waals surface area (Å²) in [5, 5.41) is 8.67. The summed E-state index contributed by atoms with van der Waals surface area (Å²) >= 11 is 0. The molecule has 0 saturated carbocycles. The van der Waals surface area contributed by atoms with E-state index in [1.807, 2.05) is 4.72 Å². The molecule has 0 aromatic heterocycles.